The molecule has 0 saturated heterocycles. The van der Waals surface area contributed by atoms with Crippen LogP contribution in [0.2, 0.25) is 5.02 Å². The maximum atomic E-state index is 12.4. The highest BCUT2D eigenvalue weighted by Gasteiger charge is 2.23. The van der Waals surface area contributed by atoms with E-state index in [4.69, 9.17) is 11.6 Å². The number of benzene rings is 1. The van der Waals surface area contributed by atoms with Crippen LogP contribution in [0.4, 0.5) is 0 Å². The molecule has 1 aromatic carbocycles. The number of hydrogen-bond acceptors (Lipinski definition) is 2. The Morgan fingerprint density at radius 2 is 2.13 bits per heavy atom. The van der Waals surface area contributed by atoms with Gasteiger partial charge in [-0.3, -0.25) is 9.48 Å². The van der Waals surface area contributed by atoms with Gasteiger partial charge in [0.15, 0.2) is 0 Å². The van der Waals surface area contributed by atoms with Crippen molar-refractivity contribution in [1.82, 2.24) is 15.1 Å². The third-order valence-electron chi connectivity index (χ3n) is 4.61. The van der Waals surface area contributed by atoms with Gasteiger partial charge in [0, 0.05) is 17.3 Å². The van der Waals surface area contributed by atoms with Crippen molar-refractivity contribution in [2.75, 3.05) is 0 Å². The van der Waals surface area contributed by atoms with Gasteiger partial charge in [0.25, 0.3) is 5.91 Å². The Morgan fingerprint density at radius 1 is 1.35 bits per heavy atom. The van der Waals surface area contributed by atoms with Crippen molar-refractivity contribution in [3.8, 4) is 0 Å². The van der Waals surface area contributed by atoms with Crippen LogP contribution in [-0.2, 0) is 6.54 Å². The number of nitrogens with zero attached hydrogens (tertiary/aromatic N) is 2. The van der Waals surface area contributed by atoms with E-state index in [1.54, 1.807) is 17.1 Å². The van der Waals surface area contributed by atoms with E-state index in [1.807, 2.05) is 24.3 Å². The Hall–Kier alpha value is -1.81. The lowest BCUT2D eigenvalue weighted by Gasteiger charge is -2.29. The lowest BCUT2D eigenvalue weighted by molar-refractivity contribution is 0.0910. The average Bonchev–Trinajstić information content (AvgIpc) is 3.01. The highest BCUT2D eigenvalue weighted by atomic mass is 35.5. The summed E-state index contributed by atoms with van der Waals surface area (Å²) in [7, 11) is 0. The predicted octanol–water partition coefficient (Wildman–Crippen LogP) is 3.89. The van der Waals surface area contributed by atoms with E-state index in [0.29, 0.717) is 23.0 Å². The molecule has 4 nitrogen and oxygen atoms in total. The summed E-state index contributed by atoms with van der Waals surface area (Å²) in [4.78, 5) is 12.4. The van der Waals surface area contributed by atoms with Gasteiger partial charge in [-0.2, -0.15) is 5.10 Å². The van der Waals surface area contributed by atoms with E-state index >= 15 is 0 Å². The van der Waals surface area contributed by atoms with E-state index in [2.05, 4.69) is 17.3 Å². The Labute approximate surface area is 141 Å². The normalized spacial score (nSPS) is 21.1. The van der Waals surface area contributed by atoms with Crippen LogP contribution in [0.3, 0.4) is 0 Å². The lowest BCUT2D eigenvalue weighted by atomic mass is 9.86. The molecule has 2 atom stereocenters. The van der Waals surface area contributed by atoms with Crippen molar-refractivity contribution in [2.24, 2.45) is 5.92 Å². The van der Waals surface area contributed by atoms with Crippen LogP contribution < -0.4 is 5.32 Å². The molecule has 1 heterocycles. The quantitative estimate of drug-likeness (QED) is 0.923. The molecule has 0 bridgehead atoms. The SMILES string of the molecule is C[C@H]1CCCC[C@H]1NC(=O)c1cnn(Cc2ccccc2Cl)c1. The fourth-order valence-electron chi connectivity index (χ4n) is 3.15. The molecule has 1 N–H and O–H groups in total. The maximum absolute atomic E-state index is 12.4. The first kappa shape index (κ1) is 16.1. The van der Waals surface area contributed by atoms with Crippen LogP contribution in [0.25, 0.3) is 0 Å². The summed E-state index contributed by atoms with van der Waals surface area (Å²) in [5.74, 6) is 0.514. The highest BCUT2D eigenvalue weighted by Crippen LogP contribution is 2.24. The second-order valence-corrected chi connectivity index (χ2v) is 6.77. The summed E-state index contributed by atoms with van der Waals surface area (Å²) in [5, 5.41) is 8.15. The Bertz CT molecular complexity index is 682. The largest absolute Gasteiger partial charge is 0.349 e. The molecule has 23 heavy (non-hydrogen) atoms. The molecule has 0 spiro atoms. The molecule has 1 saturated carbocycles. The zero-order valence-corrected chi connectivity index (χ0v) is 14.1. The first-order valence-corrected chi connectivity index (χ1v) is 8.58. The maximum Gasteiger partial charge on any atom is 0.254 e. The van der Waals surface area contributed by atoms with Crippen LogP contribution in [-0.4, -0.2) is 21.7 Å². The van der Waals surface area contributed by atoms with Crippen LogP contribution in [0.15, 0.2) is 36.7 Å². The van der Waals surface area contributed by atoms with Gasteiger partial charge in [0.05, 0.1) is 18.3 Å². The van der Waals surface area contributed by atoms with E-state index in [-0.39, 0.29) is 11.9 Å². The van der Waals surface area contributed by atoms with E-state index in [0.717, 1.165) is 12.0 Å². The minimum Gasteiger partial charge on any atom is -0.349 e. The van der Waals surface area contributed by atoms with Gasteiger partial charge in [-0.25, -0.2) is 0 Å². The van der Waals surface area contributed by atoms with Gasteiger partial charge < -0.3 is 5.32 Å². The van der Waals surface area contributed by atoms with Gasteiger partial charge in [-0.05, 0) is 30.4 Å². The minimum absolute atomic E-state index is 0.0332. The highest BCUT2D eigenvalue weighted by molar-refractivity contribution is 6.31. The Kier molecular flexibility index (Phi) is 5.01. The molecule has 122 valence electrons. The predicted molar refractivity (Wildman–Crippen MR) is 91.7 cm³/mol. The third-order valence-corrected chi connectivity index (χ3v) is 4.98. The van der Waals surface area contributed by atoms with Gasteiger partial charge in [0.1, 0.15) is 0 Å². The number of halogens is 1. The molecule has 1 aliphatic carbocycles. The summed E-state index contributed by atoms with van der Waals surface area (Å²) in [6, 6.07) is 7.96. The van der Waals surface area contributed by atoms with E-state index in [1.165, 1.54) is 19.3 Å². The molecule has 2 aromatic rings. The number of nitrogens with one attached hydrogen (secondary N) is 1. The van der Waals surface area contributed by atoms with Crippen molar-refractivity contribution in [3.05, 3.63) is 52.8 Å². The molecular weight excluding hydrogens is 310 g/mol. The zero-order valence-electron chi connectivity index (χ0n) is 13.3. The molecule has 1 fully saturated rings. The zero-order chi connectivity index (χ0) is 16.2. The van der Waals surface area contributed by atoms with E-state index < -0.39 is 0 Å². The summed E-state index contributed by atoms with van der Waals surface area (Å²) in [5.41, 5.74) is 1.60. The molecule has 3 rings (SSSR count). The van der Waals surface area contributed by atoms with Gasteiger partial charge in [-0.1, -0.05) is 49.6 Å². The molecule has 5 heteroatoms. The second-order valence-electron chi connectivity index (χ2n) is 6.36. The average molecular weight is 332 g/mol. The van der Waals surface area contributed by atoms with Crippen molar-refractivity contribution in [3.63, 3.8) is 0 Å². The summed E-state index contributed by atoms with van der Waals surface area (Å²) >= 11 is 6.17. The topological polar surface area (TPSA) is 46.9 Å². The number of aromatic nitrogens is 2. The fourth-order valence-corrected chi connectivity index (χ4v) is 3.35. The summed E-state index contributed by atoms with van der Waals surface area (Å²) < 4.78 is 1.75. The van der Waals surface area contributed by atoms with Crippen molar-refractivity contribution in [1.29, 1.82) is 0 Å². The first-order valence-electron chi connectivity index (χ1n) is 8.20. The van der Waals surface area contributed by atoms with Crippen LogP contribution in [0.1, 0.15) is 48.5 Å². The number of carbonyl (C=O) groups is 1. The molecule has 1 amide bonds. The van der Waals surface area contributed by atoms with Gasteiger partial charge >= 0.3 is 0 Å². The lowest BCUT2D eigenvalue weighted by Crippen LogP contribution is -2.40. The standard InChI is InChI=1S/C18H22ClN3O/c1-13-6-2-5-9-17(13)21-18(23)15-10-20-22(12-15)11-14-7-3-4-8-16(14)19/h3-4,7-8,10,12-13,17H,2,5-6,9,11H2,1H3,(H,21,23)/t13-,17+/m0/s1. The molecule has 0 aliphatic heterocycles. The van der Waals surface area contributed by atoms with Gasteiger partial charge in [0.2, 0.25) is 0 Å². The second kappa shape index (κ2) is 7.18. The molecule has 1 aromatic heterocycles. The summed E-state index contributed by atoms with van der Waals surface area (Å²) in [6.07, 6.45) is 8.13. The Balaban J connectivity index is 1.64. The molecule has 0 unspecified atom stereocenters. The van der Waals surface area contributed by atoms with E-state index in [9.17, 15) is 4.79 Å². The molecule has 1 aliphatic rings. The number of hydrogen-bond donors (Lipinski definition) is 1. The van der Waals surface area contributed by atoms with Crippen LogP contribution in [0, 0.1) is 5.92 Å². The fraction of sp³-hybridized carbons (Fsp3) is 0.444. The smallest absolute Gasteiger partial charge is 0.254 e. The molecular formula is C18H22ClN3O. The number of carbonyl (C=O) groups excluding carboxylic acids is 1. The van der Waals surface area contributed by atoms with Crippen LogP contribution >= 0.6 is 11.6 Å². The minimum atomic E-state index is -0.0332. The van der Waals surface area contributed by atoms with Crippen LogP contribution in [0.5, 0.6) is 0 Å². The van der Waals surface area contributed by atoms with Crippen molar-refractivity contribution < 1.29 is 4.79 Å². The van der Waals surface area contributed by atoms with Crippen molar-refractivity contribution >= 4 is 17.5 Å². The monoisotopic (exact) mass is 331 g/mol. The molecule has 0 radical (unpaired) electrons. The summed E-state index contributed by atoms with van der Waals surface area (Å²) in [6.45, 7) is 2.78. The van der Waals surface area contributed by atoms with Gasteiger partial charge in [-0.15, -0.1) is 0 Å². The Morgan fingerprint density at radius 3 is 2.91 bits per heavy atom. The number of rotatable bonds is 4. The van der Waals surface area contributed by atoms with Crippen molar-refractivity contribution in [2.45, 2.75) is 45.2 Å². The number of amides is 1. The third kappa shape index (κ3) is 3.94. The first-order chi connectivity index (χ1) is 11.1.